The van der Waals surface area contributed by atoms with Crippen molar-refractivity contribution in [1.29, 1.82) is 0 Å². The summed E-state index contributed by atoms with van der Waals surface area (Å²) in [5.41, 5.74) is 1.11. The van der Waals surface area contributed by atoms with Gasteiger partial charge in [-0.3, -0.25) is 10.1 Å². The number of aromatic nitrogens is 1. The van der Waals surface area contributed by atoms with Crippen molar-refractivity contribution in [3.63, 3.8) is 0 Å². The lowest BCUT2D eigenvalue weighted by Gasteiger charge is -1.97. The zero-order chi connectivity index (χ0) is 12.7. The minimum atomic E-state index is -0.108. The van der Waals surface area contributed by atoms with Crippen molar-refractivity contribution < 1.29 is 4.79 Å². The maximum atomic E-state index is 12.0. The van der Waals surface area contributed by atoms with Crippen molar-refractivity contribution >= 4 is 65.6 Å². The molecule has 2 heterocycles. The Hall–Kier alpha value is -0.240. The van der Waals surface area contributed by atoms with Crippen LogP contribution >= 0.6 is 54.5 Å². The van der Waals surface area contributed by atoms with Crippen LogP contribution in [0.25, 0.3) is 0 Å². The van der Waals surface area contributed by atoms with Gasteiger partial charge >= 0.3 is 0 Å². The number of hydrogen-bond acceptors (Lipinski definition) is 4. The zero-order valence-corrected chi connectivity index (χ0v) is 13.9. The highest BCUT2D eigenvalue weighted by Crippen LogP contribution is 2.41. The summed E-state index contributed by atoms with van der Waals surface area (Å²) in [5.74, 6) is 0.514. The number of amides is 1. The quantitative estimate of drug-likeness (QED) is 0.789. The highest BCUT2D eigenvalue weighted by molar-refractivity contribution is 9.13. The first-order chi connectivity index (χ1) is 8.63. The van der Waals surface area contributed by atoms with Crippen LogP contribution in [0.1, 0.15) is 34.1 Å². The second-order valence-corrected chi connectivity index (χ2v) is 8.12. The van der Waals surface area contributed by atoms with Crippen molar-refractivity contribution in [2.75, 3.05) is 5.32 Å². The van der Waals surface area contributed by atoms with E-state index < -0.39 is 0 Å². The van der Waals surface area contributed by atoms with Gasteiger partial charge in [0.1, 0.15) is 0 Å². The number of thiophene rings is 1. The molecule has 0 aliphatic heterocycles. The van der Waals surface area contributed by atoms with E-state index in [4.69, 9.17) is 0 Å². The molecule has 3 nitrogen and oxygen atoms in total. The molecule has 1 saturated carbocycles. The van der Waals surface area contributed by atoms with Gasteiger partial charge < -0.3 is 0 Å². The first-order valence-electron chi connectivity index (χ1n) is 5.35. The molecular weight excluding hydrogens is 400 g/mol. The molecule has 1 aliphatic carbocycles. The van der Waals surface area contributed by atoms with Gasteiger partial charge in [-0.2, -0.15) is 0 Å². The van der Waals surface area contributed by atoms with Crippen molar-refractivity contribution in [1.82, 2.24) is 4.98 Å². The van der Waals surface area contributed by atoms with E-state index in [1.165, 1.54) is 35.5 Å². The van der Waals surface area contributed by atoms with E-state index in [0.29, 0.717) is 15.9 Å². The van der Waals surface area contributed by atoms with E-state index in [2.05, 4.69) is 42.2 Å². The van der Waals surface area contributed by atoms with E-state index in [9.17, 15) is 4.79 Å². The van der Waals surface area contributed by atoms with Gasteiger partial charge in [-0.25, -0.2) is 4.98 Å². The molecule has 1 fully saturated rings. The average Bonchev–Trinajstić information content (AvgIpc) is 3.00. The molecule has 0 spiro atoms. The Labute approximate surface area is 129 Å². The van der Waals surface area contributed by atoms with Gasteiger partial charge in [0.05, 0.1) is 14.4 Å². The van der Waals surface area contributed by atoms with Crippen LogP contribution in [0.15, 0.2) is 19.7 Å². The summed E-state index contributed by atoms with van der Waals surface area (Å²) in [6.45, 7) is 0. The van der Waals surface area contributed by atoms with Crippen LogP contribution in [0, 0.1) is 0 Å². The summed E-state index contributed by atoms with van der Waals surface area (Å²) in [6.07, 6.45) is 2.45. The zero-order valence-electron chi connectivity index (χ0n) is 9.07. The summed E-state index contributed by atoms with van der Waals surface area (Å²) in [4.78, 5) is 17.1. The summed E-state index contributed by atoms with van der Waals surface area (Å²) >= 11 is 9.64. The Balaban J connectivity index is 1.72. The SMILES string of the molecule is O=C(Nc1nc(C2CC2)cs1)c1cc(Br)c(Br)s1. The Morgan fingerprint density at radius 2 is 2.22 bits per heavy atom. The van der Waals surface area contributed by atoms with Gasteiger partial charge in [0, 0.05) is 15.8 Å². The fourth-order valence-electron chi connectivity index (χ4n) is 1.53. The second kappa shape index (κ2) is 5.03. The molecule has 7 heteroatoms. The molecule has 0 saturated heterocycles. The van der Waals surface area contributed by atoms with E-state index in [-0.39, 0.29) is 5.91 Å². The topological polar surface area (TPSA) is 42.0 Å². The van der Waals surface area contributed by atoms with E-state index in [0.717, 1.165) is 14.0 Å². The predicted octanol–water partition coefficient (Wildman–Crippen LogP) is 4.86. The molecule has 1 aliphatic rings. The third kappa shape index (κ3) is 2.68. The van der Waals surface area contributed by atoms with E-state index >= 15 is 0 Å². The number of nitrogens with zero attached hydrogens (tertiary/aromatic N) is 1. The Morgan fingerprint density at radius 3 is 2.83 bits per heavy atom. The number of nitrogens with one attached hydrogen (secondary N) is 1. The van der Waals surface area contributed by atoms with Crippen LogP contribution in [0.3, 0.4) is 0 Å². The maximum Gasteiger partial charge on any atom is 0.267 e. The molecule has 0 atom stereocenters. The van der Waals surface area contributed by atoms with Crippen LogP contribution in [-0.2, 0) is 0 Å². The van der Waals surface area contributed by atoms with Crippen LogP contribution in [0.4, 0.5) is 5.13 Å². The van der Waals surface area contributed by atoms with Gasteiger partial charge in [-0.05, 0) is 50.8 Å². The molecule has 94 valence electrons. The van der Waals surface area contributed by atoms with Gasteiger partial charge in [-0.1, -0.05) is 0 Å². The lowest BCUT2D eigenvalue weighted by Crippen LogP contribution is -2.09. The molecule has 2 aromatic heterocycles. The first kappa shape index (κ1) is 12.8. The van der Waals surface area contributed by atoms with Gasteiger partial charge in [-0.15, -0.1) is 22.7 Å². The second-order valence-electron chi connectivity index (χ2n) is 4.04. The number of carbonyl (C=O) groups excluding carboxylic acids is 1. The van der Waals surface area contributed by atoms with Crippen LogP contribution in [0.2, 0.25) is 0 Å². The highest BCUT2D eigenvalue weighted by Gasteiger charge is 2.26. The molecule has 0 radical (unpaired) electrons. The number of hydrogen-bond donors (Lipinski definition) is 1. The molecule has 0 unspecified atom stereocenters. The molecule has 18 heavy (non-hydrogen) atoms. The van der Waals surface area contributed by atoms with Crippen LogP contribution < -0.4 is 5.32 Å². The average molecular weight is 408 g/mol. The Kier molecular flexibility index (Phi) is 3.57. The first-order valence-corrected chi connectivity index (χ1v) is 8.63. The smallest absolute Gasteiger partial charge is 0.267 e. The summed E-state index contributed by atoms with van der Waals surface area (Å²) in [6, 6.07) is 1.81. The lowest BCUT2D eigenvalue weighted by atomic mass is 10.3. The number of carbonyl (C=O) groups is 1. The number of rotatable bonds is 3. The molecule has 3 rings (SSSR count). The highest BCUT2D eigenvalue weighted by atomic mass is 79.9. The molecule has 1 amide bonds. The van der Waals surface area contributed by atoms with Crippen LogP contribution in [0.5, 0.6) is 0 Å². The van der Waals surface area contributed by atoms with Gasteiger partial charge in [0.15, 0.2) is 5.13 Å². The van der Waals surface area contributed by atoms with Gasteiger partial charge in [0.2, 0.25) is 0 Å². The number of anilines is 1. The maximum absolute atomic E-state index is 12.0. The molecule has 1 N–H and O–H groups in total. The summed E-state index contributed by atoms with van der Waals surface area (Å²) in [7, 11) is 0. The fraction of sp³-hybridized carbons (Fsp3) is 0.273. The molecule has 2 aromatic rings. The van der Waals surface area contributed by atoms with E-state index in [1.54, 1.807) is 6.07 Å². The fourth-order valence-corrected chi connectivity index (χ4v) is 4.25. The summed E-state index contributed by atoms with van der Waals surface area (Å²) in [5, 5.41) is 5.56. The number of halogens is 2. The van der Waals surface area contributed by atoms with Crippen molar-refractivity contribution in [3.05, 3.63) is 30.3 Å². The standard InChI is InChI=1S/C11H8Br2N2OS2/c12-6-3-8(18-9(6)13)10(16)15-11-14-7(4-17-11)5-1-2-5/h3-5H,1-2H2,(H,14,15,16). The van der Waals surface area contributed by atoms with Crippen molar-refractivity contribution in [2.24, 2.45) is 0 Å². The molecule has 0 bridgehead atoms. The van der Waals surface area contributed by atoms with E-state index in [1.807, 2.05) is 5.38 Å². The molecule has 0 aromatic carbocycles. The molecular formula is C11H8Br2N2OS2. The van der Waals surface area contributed by atoms with Gasteiger partial charge in [0.25, 0.3) is 5.91 Å². The lowest BCUT2D eigenvalue weighted by molar-refractivity contribution is 0.103. The Bertz CT molecular complexity index is 584. The number of thiazole rings is 1. The Morgan fingerprint density at radius 1 is 1.44 bits per heavy atom. The third-order valence-electron chi connectivity index (χ3n) is 2.61. The third-order valence-corrected chi connectivity index (χ3v) is 6.64. The minimum Gasteiger partial charge on any atom is -0.297 e. The normalized spacial score (nSPS) is 14.8. The summed E-state index contributed by atoms with van der Waals surface area (Å²) < 4.78 is 1.82. The predicted molar refractivity (Wildman–Crippen MR) is 81.8 cm³/mol. The minimum absolute atomic E-state index is 0.108. The monoisotopic (exact) mass is 406 g/mol. The van der Waals surface area contributed by atoms with Crippen LogP contribution in [-0.4, -0.2) is 10.9 Å². The largest absolute Gasteiger partial charge is 0.297 e. The van der Waals surface area contributed by atoms with Crippen molar-refractivity contribution in [2.45, 2.75) is 18.8 Å². The van der Waals surface area contributed by atoms with Crippen molar-refractivity contribution in [3.8, 4) is 0 Å².